The van der Waals surface area contributed by atoms with Gasteiger partial charge in [-0.15, -0.1) is 0 Å². The van der Waals surface area contributed by atoms with Gasteiger partial charge in [0.15, 0.2) is 29.0 Å². The Morgan fingerprint density at radius 3 is 1.48 bits per heavy atom. The molecular formula is C52H33N7O. The molecule has 3 aromatic heterocycles. The third-order valence-electron chi connectivity index (χ3n) is 11.2. The van der Waals surface area contributed by atoms with E-state index in [1.807, 2.05) is 84.9 Å². The van der Waals surface area contributed by atoms with Gasteiger partial charge in [-0.1, -0.05) is 127 Å². The Balaban J connectivity index is 1.08. The third kappa shape index (κ3) is 5.46. The second-order valence-electron chi connectivity index (χ2n) is 14.8. The molecule has 1 aliphatic heterocycles. The summed E-state index contributed by atoms with van der Waals surface area (Å²) in [6, 6.07) is 68.5. The molecule has 0 atom stereocenters. The van der Waals surface area contributed by atoms with Crippen molar-refractivity contribution >= 4 is 49.9 Å². The Bertz CT molecular complexity index is 3290. The maximum atomic E-state index is 6.65. The van der Waals surface area contributed by atoms with Crippen molar-refractivity contribution in [3.05, 3.63) is 200 Å². The van der Waals surface area contributed by atoms with Crippen LogP contribution in [0.4, 0.5) is 17.1 Å². The van der Waals surface area contributed by atoms with Crippen molar-refractivity contribution in [2.24, 2.45) is 0 Å². The molecular weight excluding hydrogens is 739 g/mol. The molecule has 0 amide bonds. The number of nitrogens with zero attached hydrogens (tertiary/aromatic N) is 7. The van der Waals surface area contributed by atoms with Crippen LogP contribution in [0.1, 0.15) is 0 Å². The van der Waals surface area contributed by atoms with Crippen LogP contribution in [0.3, 0.4) is 0 Å². The molecule has 60 heavy (non-hydrogen) atoms. The molecule has 0 radical (unpaired) electrons. The van der Waals surface area contributed by atoms with Gasteiger partial charge in [0.2, 0.25) is 5.95 Å². The van der Waals surface area contributed by atoms with Crippen LogP contribution >= 0.6 is 0 Å². The zero-order valence-corrected chi connectivity index (χ0v) is 32.1. The first kappa shape index (κ1) is 33.7. The van der Waals surface area contributed by atoms with Gasteiger partial charge in [0.25, 0.3) is 0 Å². The number of aromatic nitrogens is 6. The largest absolute Gasteiger partial charge is 0.453 e. The van der Waals surface area contributed by atoms with E-state index >= 15 is 0 Å². The Hall–Kier alpha value is -8.36. The van der Waals surface area contributed by atoms with Crippen LogP contribution in [-0.4, -0.2) is 29.1 Å². The topological polar surface area (TPSA) is 73.9 Å². The number of hydrogen-bond donors (Lipinski definition) is 0. The zero-order chi connectivity index (χ0) is 39.6. The van der Waals surface area contributed by atoms with Gasteiger partial charge in [-0.05, 0) is 66.7 Å². The fraction of sp³-hybridized carbons (Fsp3) is 0. The number of rotatable bonds is 6. The summed E-state index contributed by atoms with van der Waals surface area (Å²) in [7, 11) is 0. The fourth-order valence-corrected chi connectivity index (χ4v) is 8.41. The summed E-state index contributed by atoms with van der Waals surface area (Å²) in [6.07, 6.45) is 0. The fourth-order valence-electron chi connectivity index (χ4n) is 8.41. The van der Waals surface area contributed by atoms with E-state index in [2.05, 4.69) is 129 Å². The first-order chi connectivity index (χ1) is 29.7. The van der Waals surface area contributed by atoms with Crippen molar-refractivity contribution in [3.8, 4) is 57.3 Å². The Kier molecular flexibility index (Phi) is 7.67. The molecule has 0 fully saturated rings. The molecule has 11 aromatic rings. The summed E-state index contributed by atoms with van der Waals surface area (Å²) in [5, 5.41) is 2.32. The standard InChI is InChI=1S/C52H33N7O/c1-4-16-34(17-5-1)49-54-50(35-18-6-2-7-19-35)56-51(55-49)36-28-30-38(31-29-36)58-45-33-46-48(60-47-27-15-14-26-44(47)57(46)37-20-8-3-9-21-37)32-41(45)53-52(58)59-42-24-12-10-22-39(42)40-23-11-13-25-43(40)59/h1-33H. The average molecular weight is 772 g/mol. The van der Waals surface area contributed by atoms with Crippen molar-refractivity contribution in [2.75, 3.05) is 4.90 Å². The van der Waals surface area contributed by atoms with Gasteiger partial charge in [0.05, 0.1) is 33.4 Å². The molecule has 0 saturated heterocycles. The van der Waals surface area contributed by atoms with E-state index < -0.39 is 0 Å². The summed E-state index contributed by atoms with van der Waals surface area (Å²) in [5.41, 5.74) is 10.5. The minimum absolute atomic E-state index is 0.593. The van der Waals surface area contributed by atoms with Gasteiger partial charge in [-0.2, -0.15) is 0 Å². The van der Waals surface area contributed by atoms with Crippen molar-refractivity contribution in [2.45, 2.75) is 0 Å². The predicted molar refractivity (Wildman–Crippen MR) is 240 cm³/mol. The predicted octanol–water partition coefficient (Wildman–Crippen LogP) is 12.9. The van der Waals surface area contributed by atoms with E-state index in [1.54, 1.807) is 0 Å². The second kappa shape index (κ2) is 13.6. The lowest BCUT2D eigenvalue weighted by Gasteiger charge is -2.32. The lowest BCUT2D eigenvalue weighted by Crippen LogP contribution is -2.15. The van der Waals surface area contributed by atoms with Gasteiger partial charge in [-0.25, -0.2) is 19.9 Å². The normalized spacial score (nSPS) is 12.1. The molecule has 12 rings (SSSR count). The number of hydrogen-bond acceptors (Lipinski definition) is 6. The molecule has 0 N–H and O–H groups in total. The lowest BCUT2D eigenvalue weighted by molar-refractivity contribution is 0.477. The number of ether oxygens (including phenoxy) is 1. The SMILES string of the molecule is c1ccc(-c2nc(-c3ccccc3)nc(-c3ccc(-n4c(-n5c6ccccc6c6ccccc65)nc5cc6c(cc54)N(c4ccccc4)c4ccccc4O6)cc3)n2)cc1. The molecule has 282 valence electrons. The molecule has 0 unspecified atom stereocenters. The first-order valence-corrected chi connectivity index (χ1v) is 19.9. The molecule has 0 saturated carbocycles. The van der Waals surface area contributed by atoms with Crippen LogP contribution in [0.25, 0.3) is 78.6 Å². The Morgan fingerprint density at radius 2 is 0.867 bits per heavy atom. The zero-order valence-electron chi connectivity index (χ0n) is 32.1. The van der Waals surface area contributed by atoms with E-state index in [4.69, 9.17) is 24.7 Å². The summed E-state index contributed by atoms with van der Waals surface area (Å²) < 4.78 is 11.2. The minimum Gasteiger partial charge on any atom is -0.453 e. The summed E-state index contributed by atoms with van der Waals surface area (Å²) >= 11 is 0. The first-order valence-electron chi connectivity index (χ1n) is 19.9. The molecule has 0 bridgehead atoms. The lowest BCUT2D eigenvalue weighted by atomic mass is 10.1. The molecule has 8 aromatic carbocycles. The maximum Gasteiger partial charge on any atom is 0.220 e. The van der Waals surface area contributed by atoms with E-state index in [1.165, 1.54) is 0 Å². The molecule has 0 spiro atoms. The number of fused-ring (bicyclic) bond motifs is 6. The van der Waals surface area contributed by atoms with E-state index in [0.29, 0.717) is 17.5 Å². The van der Waals surface area contributed by atoms with Crippen LogP contribution < -0.4 is 9.64 Å². The number of benzene rings is 8. The highest BCUT2D eigenvalue weighted by molar-refractivity contribution is 6.09. The Morgan fingerprint density at radius 1 is 0.350 bits per heavy atom. The molecule has 0 aliphatic carbocycles. The van der Waals surface area contributed by atoms with Gasteiger partial charge < -0.3 is 9.64 Å². The Labute approximate surface area is 344 Å². The molecule has 1 aliphatic rings. The van der Waals surface area contributed by atoms with E-state index in [0.717, 1.165) is 89.7 Å². The quantitative estimate of drug-likeness (QED) is 0.168. The van der Waals surface area contributed by atoms with Crippen molar-refractivity contribution < 1.29 is 4.74 Å². The summed E-state index contributed by atoms with van der Waals surface area (Å²) in [4.78, 5) is 22.6. The van der Waals surface area contributed by atoms with Gasteiger partial charge in [0, 0.05) is 44.9 Å². The van der Waals surface area contributed by atoms with Gasteiger partial charge in [-0.3, -0.25) is 9.13 Å². The average Bonchev–Trinajstić information content (AvgIpc) is 3.85. The molecule has 4 heterocycles. The van der Waals surface area contributed by atoms with Crippen LogP contribution in [0, 0.1) is 0 Å². The third-order valence-corrected chi connectivity index (χ3v) is 11.2. The van der Waals surface area contributed by atoms with Crippen molar-refractivity contribution in [3.63, 3.8) is 0 Å². The highest BCUT2D eigenvalue weighted by Gasteiger charge is 2.29. The summed E-state index contributed by atoms with van der Waals surface area (Å²) in [5.74, 6) is 4.12. The second-order valence-corrected chi connectivity index (χ2v) is 14.8. The van der Waals surface area contributed by atoms with Crippen molar-refractivity contribution in [1.82, 2.24) is 29.1 Å². The van der Waals surface area contributed by atoms with Crippen LogP contribution in [0.2, 0.25) is 0 Å². The summed E-state index contributed by atoms with van der Waals surface area (Å²) in [6.45, 7) is 0. The van der Waals surface area contributed by atoms with Gasteiger partial charge in [0.1, 0.15) is 0 Å². The monoisotopic (exact) mass is 771 g/mol. The van der Waals surface area contributed by atoms with Gasteiger partial charge >= 0.3 is 0 Å². The van der Waals surface area contributed by atoms with E-state index in [9.17, 15) is 0 Å². The minimum atomic E-state index is 0.593. The number of imidazole rings is 1. The highest BCUT2D eigenvalue weighted by Crippen LogP contribution is 2.52. The number of anilines is 3. The van der Waals surface area contributed by atoms with E-state index in [-0.39, 0.29) is 0 Å². The van der Waals surface area contributed by atoms with Crippen LogP contribution in [0.15, 0.2) is 200 Å². The maximum absolute atomic E-state index is 6.65. The number of para-hydroxylation sites is 5. The van der Waals surface area contributed by atoms with Crippen LogP contribution in [-0.2, 0) is 0 Å². The van der Waals surface area contributed by atoms with Crippen molar-refractivity contribution in [1.29, 1.82) is 0 Å². The molecule has 8 heteroatoms. The molecule has 8 nitrogen and oxygen atoms in total. The smallest absolute Gasteiger partial charge is 0.220 e. The highest BCUT2D eigenvalue weighted by atomic mass is 16.5. The van der Waals surface area contributed by atoms with Crippen LogP contribution in [0.5, 0.6) is 11.5 Å².